The number of carbonyl (C=O) groups is 1. The largest absolute Gasteiger partial charge is 0.493 e. The molecule has 0 radical (unpaired) electrons. The van der Waals surface area contributed by atoms with Crippen LogP contribution in [0.25, 0.3) is 6.08 Å². The van der Waals surface area contributed by atoms with Crippen LogP contribution in [0.1, 0.15) is 25.8 Å². The first-order valence-corrected chi connectivity index (χ1v) is 7.65. The summed E-state index contributed by atoms with van der Waals surface area (Å²) in [5.74, 6) is 0.470. The molecule has 0 aliphatic carbocycles. The van der Waals surface area contributed by atoms with Gasteiger partial charge in [0, 0.05) is 0 Å². The lowest BCUT2D eigenvalue weighted by Crippen LogP contribution is -2.06. The van der Waals surface area contributed by atoms with Gasteiger partial charge in [-0.2, -0.15) is 5.26 Å². The van der Waals surface area contributed by atoms with Gasteiger partial charge in [-0.15, -0.1) is 0 Å². The zero-order valence-corrected chi connectivity index (χ0v) is 14.4. The van der Waals surface area contributed by atoms with E-state index in [4.69, 9.17) is 19.5 Å². The van der Waals surface area contributed by atoms with Crippen molar-refractivity contribution in [3.8, 4) is 17.6 Å². The second kappa shape index (κ2) is 9.11. The van der Waals surface area contributed by atoms with Crippen LogP contribution in [0.15, 0.2) is 22.2 Å². The first-order valence-electron chi connectivity index (χ1n) is 6.86. The maximum Gasteiger partial charge on any atom is 0.348 e. The molecule has 0 heterocycles. The molecule has 0 aliphatic heterocycles. The van der Waals surface area contributed by atoms with Crippen LogP contribution < -0.4 is 9.47 Å². The summed E-state index contributed by atoms with van der Waals surface area (Å²) in [6.07, 6.45) is 2.33. The highest BCUT2D eigenvalue weighted by atomic mass is 79.9. The number of esters is 1. The molecule has 6 heteroatoms. The van der Waals surface area contributed by atoms with Crippen molar-refractivity contribution >= 4 is 28.0 Å². The van der Waals surface area contributed by atoms with Gasteiger partial charge in [-0.25, -0.2) is 4.79 Å². The Morgan fingerprint density at radius 3 is 2.68 bits per heavy atom. The number of ether oxygens (including phenoxy) is 3. The molecule has 0 saturated carbocycles. The summed E-state index contributed by atoms with van der Waals surface area (Å²) in [4.78, 5) is 11.6. The van der Waals surface area contributed by atoms with E-state index in [0.29, 0.717) is 28.1 Å². The fourth-order valence-electron chi connectivity index (χ4n) is 1.68. The molecule has 1 rings (SSSR count). The van der Waals surface area contributed by atoms with Crippen LogP contribution in [-0.4, -0.2) is 26.3 Å². The predicted molar refractivity (Wildman–Crippen MR) is 86.7 cm³/mol. The van der Waals surface area contributed by atoms with Crippen LogP contribution >= 0.6 is 15.9 Å². The van der Waals surface area contributed by atoms with Crippen LogP contribution in [0.2, 0.25) is 0 Å². The Kier molecular flexibility index (Phi) is 7.47. The van der Waals surface area contributed by atoms with Gasteiger partial charge in [-0.3, -0.25) is 0 Å². The third kappa shape index (κ3) is 4.78. The van der Waals surface area contributed by atoms with Crippen LogP contribution in [0, 0.1) is 11.3 Å². The third-order valence-corrected chi connectivity index (χ3v) is 3.22. The molecule has 0 aliphatic rings. The normalized spacial score (nSPS) is 10.8. The van der Waals surface area contributed by atoms with E-state index in [1.807, 2.05) is 13.0 Å². The number of nitriles is 1. The Bertz CT molecular complexity index is 605. The summed E-state index contributed by atoms with van der Waals surface area (Å²) < 4.78 is 16.5. The first kappa shape index (κ1) is 18.1. The van der Waals surface area contributed by atoms with E-state index in [1.165, 1.54) is 13.2 Å². The van der Waals surface area contributed by atoms with Crippen LogP contribution in [-0.2, 0) is 9.53 Å². The van der Waals surface area contributed by atoms with Gasteiger partial charge in [0.1, 0.15) is 11.6 Å². The van der Waals surface area contributed by atoms with Gasteiger partial charge in [0.15, 0.2) is 11.5 Å². The van der Waals surface area contributed by atoms with E-state index in [0.717, 1.165) is 6.42 Å². The fraction of sp³-hybridized carbons (Fsp3) is 0.375. The highest BCUT2D eigenvalue weighted by Gasteiger charge is 2.14. The van der Waals surface area contributed by atoms with Gasteiger partial charge in [0.25, 0.3) is 0 Å². The quantitative estimate of drug-likeness (QED) is 0.417. The summed E-state index contributed by atoms with van der Waals surface area (Å²) in [7, 11) is 1.53. The number of methoxy groups -OCH3 is 1. The Morgan fingerprint density at radius 1 is 1.41 bits per heavy atom. The minimum atomic E-state index is -0.647. The molecule has 118 valence electrons. The lowest BCUT2D eigenvalue weighted by atomic mass is 10.1. The van der Waals surface area contributed by atoms with Crippen molar-refractivity contribution in [3.63, 3.8) is 0 Å². The lowest BCUT2D eigenvalue weighted by molar-refractivity contribution is -0.137. The van der Waals surface area contributed by atoms with Crippen molar-refractivity contribution < 1.29 is 19.0 Å². The Labute approximate surface area is 138 Å². The molecular weight excluding hydrogens is 350 g/mol. The standard InChI is InChI=1S/C16H18BrNO4/c1-4-6-22-15-13(17)8-11(9-14(15)20-3)7-12(10-18)16(19)21-5-2/h7-9H,4-6H2,1-3H3/b12-7-. The number of rotatable bonds is 7. The maximum absolute atomic E-state index is 11.6. The summed E-state index contributed by atoms with van der Waals surface area (Å²) in [5.41, 5.74) is 0.565. The molecule has 0 amide bonds. The van der Waals surface area contributed by atoms with E-state index in [2.05, 4.69) is 15.9 Å². The van der Waals surface area contributed by atoms with Gasteiger partial charge < -0.3 is 14.2 Å². The van der Waals surface area contributed by atoms with Crippen molar-refractivity contribution in [1.29, 1.82) is 5.26 Å². The van der Waals surface area contributed by atoms with Crippen molar-refractivity contribution in [1.82, 2.24) is 0 Å². The SMILES string of the molecule is CCCOc1c(Br)cc(/C=C(/C#N)C(=O)OCC)cc1OC. The summed E-state index contributed by atoms with van der Waals surface area (Å²) in [6.45, 7) is 4.48. The summed E-state index contributed by atoms with van der Waals surface area (Å²) in [5, 5.41) is 9.06. The van der Waals surface area contributed by atoms with Gasteiger partial charge >= 0.3 is 5.97 Å². The van der Waals surface area contributed by atoms with E-state index in [1.54, 1.807) is 19.1 Å². The highest BCUT2D eigenvalue weighted by molar-refractivity contribution is 9.10. The van der Waals surface area contributed by atoms with E-state index >= 15 is 0 Å². The molecular formula is C16H18BrNO4. The van der Waals surface area contributed by atoms with E-state index in [-0.39, 0.29) is 12.2 Å². The Balaban J connectivity index is 3.18. The van der Waals surface area contributed by atoms with Crippen molar-refractivity contribution in [2.45, 2.75) is 20.3 Å². The number of halogens is 1. The summed E-state index contributed by atoms with van der Waals surface area (Å²) in [6, 6.07) is 5.29. The lowest BCUT2D eigenvalue weighted by Gasteiger charge is -2.13. The van der Waals surface area contributed by atoms with Crippen LogP contribution in [0.5, 0.6) is 11.5 Å². The predicted octanol–water partition coefficient (Wildman–Crippen LogP) is 3.72. The van der Waals surface area contributed by atoms with Gasteiger partial charge in [-0.1, -0.05) is 6.92 Å². The molecule has 0 spiro atoms. The minimum Gasteiger partial charge on any atom is -0.493 e. The smallest absolute Gasteiger partial charge is 0.348 e. The molecule has 1 aromatic carbocycles. The molecule has 0 atom stereocenters. The number of carbonyl (C=O) groups excluding carboxylic acids is 1. The molecule has 0 aromatic heterocycles. The zero-order chi connectivity index (χ0) is 16.5. The molecule has 22 heavy (non-hydrogen) atoms. The van der Waals surface area contributed by atoms with Crippen LogP contribution in [0.3, 0.4) is 0 Å². The number of benzene rings is 1. The summed E-state index contributed by atoms with van der Waals surface area (Å²) >= 11 is 3.42. The highest BCUT2D eigenvalue weighted by Crippen LogP contribution is 2.37. The average molecular weight is 368 g/mol. The molecule has 0 bridgehead atoms. The van der Waals surface area contributed by atoms with E-state index in [9.17, 15) is 4.79 Å². The average Bonchev–Trinajstić information content (AvgIpc) is 2.51. The van der Waals surface area contributed by atoms with Gasteiger partial charge in [0.2, 0.25) is 0 Å². The van der Waals surface area contributed by atoms with Gasteiger partial charge in [0.05, 0.1) is 24.8 Å². The molecule has 0 N–H and O–H groups in total. The minimum absolute atomic E-state index is 0.0713. The van der Waals surface area contributed by atoms with Crippen molar-refractivity contribution in [2.24, 2.45) is 0 Å². The molecule has 0 fully saturated rings. The molecule has 5 nitrogen and oxygen atoms in total. The molecule has 1 aromatic rings. The monoisotopic (exact) mass is 367 g/mol. The second-order valence-electron chi connectivity index (χ2n) is 4.27. The number of hydrogen-bond donors (Lipinski definition) is 0. The first-order chi connectivity index (χ1) is 10.6. The second-order valence-corrected chi connectivity index (χ2v) is 5.13. The molecule has 0 unspecified atom stereocenters. The van der Waals surface area contributed by atoms with Crippen molar-refractivity contribution in [2.75, 3.05) is 20.3 Å². The van der Waals surface area contributed by atoms with E-state index < -0.39 is 5.97 Å². The fourth-order valence-corrected chi connectivity index (χ4v) is 2.25. The number of nitrogens with zero attached hydrogens (tertiary/aromatic N) is 1. The number of hydrogen-bond acceptors (Lipinski definition) is 5. The Hall–Kier alpha value is -2.00. The van der Waals surface area contributed by atoms with Crippen LogP contribution in [0.4, 0.5) is 0 Å². The zero-order valence-electron chi connectivity index (χ0n) is 12.8. The van der Waals surface area contributed by atoms with Gasteiger partial charge in [-0.05, 0) is 53.0 Å². The third-order valence-electron chi connectivity index (χ3n) is 2.63. The topological polar surface area (TPSA) is 68.5 Å². The maximum atomic E-state index is 11.6. The molecule has 0 saturated heterocycles. The Morgan fingerprint density at radius 2 is 2.14 bits per heavy atom. The van der Waals surface area contributed by atoms with Crippen molar-refractivity contribution in [3.05, 3.63) is 27.7 Å².